The van der Waals surface area contributed by atoms with E-state index in [2.05, 4.69) is 14.8 Å². The normalized spacial score (nSPS) is 16.9. The van der Waals surface area contributed by atoms with Gasteiger partial charge >= 0.3 is 34.6 Å². The molecule has 0 aromatic heterocycles. The molecule has 0 spiro atoms. The SMILES string of the molecule is O=S([O-])c1ccc(C2CCCC2)cc1.[CH3][Sn+]([CH3])[CH3]. The van der Waals surface area contributed by atoms with Crippen LogP contribution in [0.15, 0.2) is 29.2 Å². The van der Waals surface area contributed by atoms with E-state index in [1.165, 1.54) is 31.2 Å². The zero-order valence-corrected chi connectivity index (χ0v) is 15.1. The molecule has 1 aromatic carbocycles. The Balaban J connectivity index is 0.000000357. The number of hydrogen-bond donors (Lipinski definition) is 0. The van der Waals surface area contributed by atoms with Gasteiger partial charge in [0.15, 0.2) is 0 Å². The molecule has 18 heavy (non-hydrogen) atoms. The first kappa shape index (κ1) is 16.2. The molecule has 2 nitrogen and oxygen atoms in total. The van der Waals surface area contributed by atoms with Crippen molar-refractivity contribution in [2.45, 2.75) is 51.3 Å². The molecular weight excluding hydrogens is 351 g/mol. The summed E-state index contributed by atoms with van der Waals surface area (Å²) in [6, 6.07) is 7.27. The first-order valence-electron chi connectivity index (χ1n) is 6.46. The minimum absolute atomic E-state index is 0.381. The van der Waals surface area contributed by atoms with E-state index < -0.39 is 30.8 Å². The fourth-order valence-electron chi connectivity index (χ4n) is 2.11. The number of hydrogen-bond acceptors (Lipinski definition) is 2. The summed E-state index contributed by atoms with van der Waals surface area (Å²) in [5, 5.41) is 0. The van der Waals surface area contributed by atoms with E-state index in [0.717, 1.165) is 0 Å². The van der Waals surface area contributed by atoms with Crippen molar-refractivity contribution < 1.29 is 8.76 Å². The minimum atomic E-state index is -2.09. The van der Waals surface area contributed by atoms with Gasteiger partial charge < -0.3 is 4.55 Å². The third-order valence-electron chi connectivity index (χ3n) is 2.90. The van der Waals surface area contributed by atoms with Crippen LogP contribution in [0.4, 0.5) is 0 Å². The summed E-state index contributed by atoms with van der Waals surface area (Å²) in [6.45, 7) is 0. The van der Waals surface area contributed by atoms with Crippen molar-refractivity contribution in [3.8, 4) is 0 Å². The van der Waals surface area contributed by atoms with E-state index in [0.29, 0.717) is 10.8 Å². The van der Waals surface area contributed by atoms with Gasteiger partial charge in [-0.3, -0.25) is 4.21 Å². The first-order valence-corrected chi connectivity index (χ1v) is 16.1. The molecule has 1 aromatic rings. The molecule has 0 heterocycles. The molecule has 0 aliphatic heterocycles. The van der Waals surface area contributed by atoms with Gasteiger partial charge in [-0.15, -0.1) is 0 Å². The summed E-state index contributed by atoms with van der Waals surface area (Å²) in [5.41, 5.74) is 1.29. The van der Waals surface area contributed by atoms with Gasteiger partial charge in [0.05, 0.1) is 0 Å². The van der Waals surface area contributed by atoms with E-state index in [9.17, 15) is 8.76 Å². The Morgan fingerprint density at radius 1 is 1.11 bits per heavy atom. The monoisotopic (exact) mass is 374 g/mol. The summed E-state index contributed by atoms with van der Waals surface area (Å²) in [5.74, 6) is 0.657. The second kappa shape index (κ2) is 8.33. The number of benzene rings is 1. The van der Waals surface area contributed by atoms with Gasteiger partial charge in [-0.1, -0.05) is 25.0 Å². The summed E-state index contributed by atoms with van der Waals surface area (Å²) >= 11 is -2.63. The van der Waals surface area contributed by atoms with E-state index >= 15 is 0 Å². The van der Waals surface area contributed by atoms with Crippen LogP contribution in [0, 0.1) is 0 Å². The van der Waals surface area contributed by atoms with Crippen LogP contribution in [-0.2, 0) is 11.1 Å². The van der Waals surface area contributed by atoms with Crippen molar-refractivity contribution in [1.82, 2.24) is 0 Å². The van der Waals surface area contributed by atoms with Crippen molar-refractivity contribution in [2.75, 3.05) is 0 Å². The van der Waals surface area contributed by atoms with Crippen LogP contribution in [0.2, 0.25) is 14.8 Å². The third kappa shape index (κ3) is 5.85. The Hall–Kier alpha value is 0.129. The number of rotatable bonds is 2. The predicted octanol–water partition coefficient (Wildman–Crippen LogP) is 3.95. The Morgan fingerprint density at radius 2 is 1.56 bits per heavy atom. The van der Waals surface area contributed by atoms with Crippen molar-refractivity contribution in [2.24, 2.45) is 0 Å². The van der Waals surface area contributed by atoms with Crippen LogP contribution in [0.25, 0.3) is 0 Å². The molecule has 1 saturated carbocycles. The fourth-order valence-corrected chi connectivity index (χ4v) is 2.47. The van der Waals surface area contributed by atoms with Crippen molar-refractivity contribution in [3.63, 3.8) is 0 Å². The second-order valence-corrected chi connectivity index (χ2v) is 14.8. The molecule has 4 heteroatoms. The average molecular weight is 373 g/mol. The average Bonchev–Trinajstić information content (AvgIpc) is 2.81. The topological polar surface area (TPSA) is 40.1 Å². The van der Waals surface area contributed by atoms with Gasteiger partial charge in [-0.05, 0) is 47.5 Å². The maximum absolute atomic E-state index is 10.6. The van der Waals surface area contributed by atoms with Crippen LogP contribution >= 0.6 is 0 Å². The Morgan fingerprint density at radius 3 is 1.94 bits per heavy atom. The molecule has 100 valence electrons. The van der Waals surface area contributed by atoms with Gasteiger partial charge in [0.2, 0.25) is 0 Å². The molecule has 1 atom stereocenters. The fraction of sp³-hybridized carbons (Fsp3) is 0.571. The molecule has 0 bridgehead atoms. The second-order valence-electron chi connectivity index (χ2n) is 5.29. The molecule has 1 aliphatic rings. The molecule has 0 radical (unpaired) electrons. The molecule has 1 fully saturated rings. The quantitative estimate of drug-likeness (QED) is 0.582. The standard InChI is InChI=1S/C11H14O2S.3CH3.Sn/c12-14(13)11-7-5-10(6-8-11)9-3-1-2-4-9;;;;/h5-9H,1-4H2,(H,12,13);3*1H3;/q;;;;+1/p-1. The third-order valence-corrected chi connectivity index (χ3v) is 3.56. The van der Waals surface area contributed by atoms with E-state index in [1.54, 1.807) is 12.1 Å². The van der Waals surface area contributed by atoms with Gasteiger partial charge in [0.1, 0.15) is 0 Å². The summed E-state index contributed by atoms with van der Waals surface area (Å²) < 4.78 is 21.3. The van der Waals surface area contributed by atoms with Crippen LogP contribution in [0.1, 0.15) is 37.2 Å². The molecule has 1 aliphatic carbocycles. The van der Waals surface area contributed by atoms with Crippen molar-refractivity contribution >= 4 is 30.8 Å². The molecule has 2 rings (SSSR count). The molecule has 0 amide bonds. The van der Waals surface area contributed by atoms with Crippen LogP contribution < -0.4 is 0 Å². The molecule has 0 N–H and O–H groups in total. The summed E-state index contributed by atoms with van der Waals surface area (Å²) in [4.78, 5) is 7.47. The van der Waals surface area contributed by atoms with Crippen molar-refractivity contribution in [3.05, 3.63) is 29.8 Å². The van der Waals surface area contributed by atoms with Crippen LogP contribution in [-0.4, -0.2) is 28.5 Å². The van der Waals surface area contributed by atoms with Gasteiger partial charge in [-0.25, -0.2) is 0 Å². The van der Waals surface area contributed by atoms with Crippen molar-refractivity contribution in [1.29, 1.82) is 0 Å². The summed E-state index contributed by atoms with van der Waals surface area (Å²) in [6.07, 6.45) is 5.11. The zero-order valence-electron chi connectivity index (χ0n) is 11.4. The predicted molar refractivity (Wildman–Crippen MR) is 78.2 cm³/mol. The molecular formula is C14H22O2SSn. The van der Waals surface area contributed by atoms with Gasteiger partial charge in [-0.2, -0.15) is 0 Å². The maximum atomic E-state index is 10.6. The van der Waals surface area contributed by atoms with E-state index in [4.69, 9.17) is 0 Å². The van der Waals surface area contributed by atoms with Gasteiger partial charge in [0.25, 0.3) is 0 Å². The summed E-state index contributed by atoms with van der Waals surface area (Å²) in [7, 11) is 0. The Bertz CT molecular complexity index is 367. The Kier molecular flexibility index (Phi) is 7.49. The zero-order chi connectivity index (χ0) is 13.5. The van der Waals surface area contributed by atoms with Gasteiger partial charge in [0, 0.05) is 4.90 Å². The van der Waals surface area contributed by atoms with E-state index in [-0.39, 0.29) is 0 Å². The van der Waals surface area contributed by atoms with E-state index in [1.807, 2.05) is 12.1 Å². The van der Waals surface area contributed by atoms with Crippen LogP contribution in [0.5, 0.6) is 0 Å². The Labute approximate surface area is 120 Å². The first-order chi connectivity index (χ1) is 8.50. The van der Waals surface area contributed by atoms with Crippen LogP contribution in [0.3, 0.4) is 0 Å². The molecule has 1 unspecified atom stereocenters. The molecule has 0 saturated heterocycles.